The van der Waals surface area contributed by atoms with E-state index in [9.17, 15) is 14.4 Å². The molecule has 0 unspecified atom stereocenters. The Labute approximate surface area is 115 Å². The topological polar surface area (TPSA) is 81.2 Å². The van der Waals surface area contributed by atoms with Crippen LogP contribution < -0.4 is 11.1 Å². The molecule has 0 aliphatic rings. The van der Waals surface area contributed by atoms with Gasteiger partial charge in [0, 0.05) is 0 Å². The predicted molar refractivity (Wildman–Crippen MR) is 74.7 cm³/mol. The normalized spacial score (nSPS) is 10.7. The zero-order chi connectivity index (χ0) is 14.5. The van der Waals surface area contributed by atoms with E-state index in [4.69, 9.17) is 4.74 Å². The number of hydrogen-bond acceptors (Lipinski definition) is 4. The smallest absolute Gasteiger partial charge is 0.327 e. The second kappa shape index (κ2) is 6.18. The molecular formula is C14H16N2O4. The molecule has 0 atom stereocenters. The van der Waals surface area contributed by atoms with Crippen LogP contribution in [-0.2, 0) is 16.1 Å². The van der Waals surface area contributed by atoms with E-state index in [2.05, 4.69) is 5.10 Å². The number of aromatic nitrogens is 2. The molecule has 6 nitrogen and oxygen atoms in total. The summed E-state index contributed by atoms with van der Waals surface area (Å²) in [4.78, 5) is 35.5. The van der Waals surface area contributed by atoms with Gasteiger partial charge in [0.25, 0.3) is 11.1 Å². The minimum absolute atomic E-state index is 0.289. The van der Waals surface area contributed by atoms with Crippen molar-refractivity contribution in [1.82, 2.24) is 9.78 Å². The predicted octanol–water partition coefficient (Wildman–Crippen LogP) is 1.03. The van der Waals surface area contributed by atoms with E-state index >= 15 is 0 Å². The lowest BCUT2D eigenvalue weighted by Crippen LogP contribution is -2.32. The lowest BCUT2D eigenvalue weighted by molar-refractivity contribution is -0.144. The van der Waals surface area contributed by atoms with Gasteiger partial charge < -0.3 is 4.74 Å². The van der Waals surface area contributed by atoms with Crippen LogP contribution in [0.2, 0.25) is 0 Å². The quantitative estimate of drug-likeness (QED) is 0.653. The van der Waals surface area contributed by atoms with Crippen LogP contribution >= 0.6 is 0 Å². The van der Waals surface area contributed by atoms with E-state index in [1.165, 1.54) is 0 Å². The number of nitrogens with zero attached hydrogens (tertiary/aromatic N) is 1. The van der Waals surface area contributed by atoms with Crippen molar-refractivity contribution in [1.29, 1.82) is 0 Å². The number of unbranched alkanes of at least 4 members (excludes halogenated alkanes) is 1. The van der Waals surface area contributed by atoms with Crippen molar-refractivity contribution in [3.05, 3.63) is 45.0 Å². The van der Waals surface area contributed by atoms with Crippen molar-refractivity contribution >= 4 is 16.7 Å². The van der Waals surface area contributed by atoms with Gasteiger partial charge in [-0.3, -0.25) is 19.5 Å². The zero-order valence-corrected chi connectivity index (χ0v) is 11.2. The minimum Gasteiger partial charge on any atom is -0.464 e. The van der Waals surface area contributed by atoms with Crippen molar-refractivity contribution in [2.45, 2.75) is 26.3 Å². The molecule has 0 amide bonds. The molecule has 1 N–H and O–H groups in total. The Hall–Kier alpha value is -2.37. The largest absolute Gasteiger partial charge is 0.464 e. The maximum absolute atomic E-state index is 12.1. The molecule has 20 heavy (non-hydrogen) atoms. The van der Waals surface area contributed by atoms with Crippen molar-refractivity contribution in [2.75, 3.05) is 6.61 Å². The summed E-state index contributed by atoms with van der Waals surface area (Å²) in [5, 5.41) is 2.99. The zero-order valence-electron chi connectivity index (χ0n) is 11.2. The van der Waals surface area contributed by atoms with Crippen molar-refractivity contribution in [3.8, 4) is 0 Å². The van der Waals surface area contributed by atoms with Crippen molar-refractivity contribution in [3.63, 3.8) is 0 Å². The summed E-state index contributed by atoms with van der Waals surface area (Å²) in [5.41, 5.74) is -0.811. The Morgan fingerprint density at radius 1 is 1.25 bits per heavy atom. The van der Waals surface area contributed by atoms with E-state index in [0.717, 1.165) is 17.5 Å². The Morgan fingerprint density at radius 3 is 2.65 bits per heavy atom. The summed E-state index contributed by atoms with van der Waals surface area (Å²) in [6.07, 6.45) is 1.69. The first kappa shape index (κ1) is 14.0. The van der Waals surface area contributed by atoms with Gasteiger partial charge in [-0.05, 0) is 18.6 Å². The number of carbonyl (C=O) groups is 1. The lowest BCUT2D eigenvalue weighted by Gasteiger charge is -2.07. The fraction of sp³-hybridized carbons (Fsp3) is 0.357. The first-order valence-electron chi connectivity index (χ1n) is 6.51. The van der Waals surface area contributed by atoms with Gasteiger partial charge in [0.05, 0.1) is 17.4 Å². The first-order valence-corrected chi connectivity index (χ1v) is 6.51. The van der Waals surface area contributed by atoms with Crippen LogP contribution in [0, 0.1) is 0 Å². The Bertz CT molecular complexity index is 730. The van der Waals surface area contributed by atoms with Gasteiger partial charge >= 0.3 is 5.97 Å². The highest BCUT2D eigenvalue weighted by Gasteiger charge is 2.10. The number of H-pyrrole nitrogens is 1. The van der Waals surface area contributed by atoms with Crippen molar-refractivity contribution in [2.24, 2.45) is 0 Å². The molecule has 0 bridgehead atoms. The monoisotopic (exact) mass is 276 g/mol. The maximum Gasteiger partial charge on any atom is 0.327 e. The molecule has 0 aliphatic heterocycles. The van der Waals surface area contributed by atoms with E-state index in [1.807, 2.05) is 6.92 Å². The molecule has 6 heteroatoms. The molecule has 0 aliphatic carbocycles. The van der Waals surface area contributed by atoms with Gasteiger partial charge in [0.2, 0.25) is 0 Å². The highest BCUT2D eigenvalue weighted by Crippen LogP contribution is 2.02. The average Bonchev–Trinajstić information content (AvgIpc) is 2.45. The molecule has 0 radical (unpaired) electrons. The molecule has 0 saturated heterocycles. The second-order valence-electron chi connectivity index (χ2n) is 4.45. The highest BCUT2D eigenvalue weighted by atomic mass is 16.5. The maximum atomic E-state index is 12.1. The number of ether oxygens (including phenoxy) is 1. The fourth-order valence-corrected chi connectivity index (χ4v) is 1.86. The van der Waals surface area contributed by atoms with Gasteiger partial charge in [-0.25, -0.2) is 4.68 Å². The Balaban J connectivity index is 2.27. The van der Waals surface area contributed by atoms with E-state index in [1.54, 1.807) is 24.3 Å². The number of nitrogens with one attached hydrogen (secondary N) is 1. The fourth-order valence-electron chi connectivity index (χ4n) is 1.86. The highest BCUT2D eigenvalue weighted by molar-refractivity contribution is 5.80. The van der Waals surface area contributed by atoms with Gasteiger partial charge in [-0.15, -0.1) is 0 Å². The van der Waals surface area contributed by atoms with Gasteiger partial charge in [0.1, 0.15) is 6.54 Å². The summed E-state index contributed by atoms with van der Waals surface area (Å²) in [6, 6.07) is 6.48. The van der Waals surface area contributed by atoms with Gasteiger partial charge in [0.15, 0.2) is 0 Å². The molecule has 0 saturated carbocycles. The van der Waals surface area contributed by atoms with E-state index in [-0.39, 0.29) is 11.9 Å². The number of aromatic amines is 1. The molecule has 0 fully saturated rings. The minimum atomic E-state index is -0.536. The molecule has 1 aromatic heterocycles. The third-order valence-corrected chi connectivity index (χ3v) is 2.93. The standard InChI is InChI=1S/C14H16N2O4/c1-2-3-8-20-12(17)9-16-14(19)11-7-5-4-6-10(11)13(18)15-16/h4-7H,2-3,8-9H2,1H3,(H,15,18). The average molecular weight is 276 g/mol. The Morgan fingerprint density at radius 2 is 1.95 bits per heavy atom. The summed E-state index contributed by atoms with van der Waals surface area (Å²) in [6.45, 7) is 2.02. The SMILES string of the molecule is CCCCOC(=O)Cn1[nH]c(=O)c2ccccc2c1=O. The van der Waals surface area contributed by atoms with Crippen LogP contribution in [-0.4, -0.2) is 22.4 Å². The van der Waals surface area contributed by atoms with Crippen LogP contribution in [0.3, 0.4) is 0 Å². The lowest BCUT2D eigenvalue weighted by atomic mass is 10.2. The number of hydrogen-bond donors (Lipinski definition) is 1. The number of fused-ring (bicyclic) bond motifs is 1. The summed E-state index contributed by atoms with van der Waals surface area (Å²) < 4.78 is 5.96. The number of benzene rings is 1. The van der Waals surface area contributed by atoms with Gasteiger partial charge in [-0.1, -0.05) is 25.5 Å². The first-order chi connectivity index (χ1) is 9.63. The third kappa shape index (κ3) is 2.96. The summed E-state index contributed by atoms with van der Waals surface area (Å²) in [7, 11) is 0. The molecular weight excluding hydrogens is 260 g/mol. The van der Waals surface area contributed by atoms with Crippen LogP contribution in [0.1, 0.15) is 19.8 Å². The molecule has 1 heterocycles. The van der Waals surface area contributed by atoms with Gasteiger partial charge in [-0.2, -0.15) is 0 Å². The van der Waals surface area contributed by atoms with Crippen LogP contribution in [0.25, 0.3) is 10.8 Å². The number of esters is 1. The number of carbonyl (C=O) groups excluding carboxylic acids is 1. The third-order valence-electron chi connectivity index (χ3n) is 2.93. The summed E-state index contributed by atoms with van der Waals surface area (Å²) in [5.74, 6) is -0.536. The van der Waals surface area contributed by atoms with Crippen LogP contribution in [0.15, 0.2) is 33.9 Å². The molecule has 0 spiro atoms. The second-order valence-corrected chi connectivity index (χ2v) is 4.45. The number of rotatable bonds is 5. The Kier molecular flexibility index (Phi) is 4.34. The van der Waals surface area contributed by atoms with Crippen LogP contribution in [0.4, 0.5) is 0 Å². The van der Waals surface area contributed by atoms with E-state index in [0.29, 0.717) is 12.0 Å². The van der Waals surface area contributed by atoms with Crippen LogP contribution in [0.5, 0.6) is 0 Å². The summed E-state index contributed by atoms with van der Waals surface area (Å²) >= 11 is 0. The van der Waals surface area contributed by atoms with Crippen molar-refractivity contribution < 1.29 is 9.53 Å². The molecule has 2 rings (SSSR count). The molecule has 2 aromatic rings. The van der Waals surface area contributed by atoms with E-state index < -0.39 is 17.1 Å². The molecule has 1 aromatic carbocycles. The molecule has 106 valence electrons.